The summed E-state index contributed by atoms with van der Waals surface area (Å²) in [4.78, 5) is 0. The van der Waals surface area contributed by atoms with Gasteiger partial charge in [-0.05, 0) is 36.3 Å². The van der Waals surface area contributed by atoms with Gasteiger partial charge in [0.25, 0.3) is 0 Å². The topological polar surface area (TPSA) is 29.5 Å². The average molecular weight is 276 g/mol. The minimum atomic E-state index is -0.445. The molecule has 1 aliphatic heterocycles. The molecule has 0 spiro atoms. The molecule has 1 aromatic carbocycles. The molecule has 1 N–H and O–H groups in total. The van der Waals surface area contributed by atoms with E-state index in [1.54, 1.807) is 0 Å². The van der Waals surface area contributed by atoms with Crippen molar-refractivity contribution in [2.45, 2.75) is 65.3 Å². The fraction of sp³-hybridized carbons (Fsp3) is 0.667. The summed E-state index contributed by atoms with van der Waals surface area (Å²) in [6.07, 6.45) is -0.116. The largest absolute Gasteiger partial charge is 0.388 e. The predicted molar refractivity (Wildman–Crippen MR) is 82.8 cm³/mol. The zero-order valence-electron chi connectivity index (χ0n) is 13.6. The maximum absolute atomic E-state index is 10.7. The third-order valence-electron chi connectivity index (χ3n) is 4.80. The molecule has 1 aromatic rings. The van der Waals surface area contributed by atoms with Crippen LogP contribution in [0.5, 0.6) is 0 Å². The molecule has 1 fully saturated rings. The second-order valence-electron chi connectivity index (χ2n) is 7.30. The maximum atomic E-state index is 10.7. The molecule has 0 saturated carbocycles. The molecule has 2 nitrogen and oxygen atoms in total. The van der Waals surface area contributed by atoms with Gasteiger partial charge in [0, 0.05) is 5.92 Å². The van der Waals surface area contributed by atoms with Crippen LogP contribution in [0.4, 0.5) is 0 Å². The molecule has 2 rings (SSSR count). The van der Waals surface area contributed by atoms with Crippen LogP contribution in [0.25, 0.3) is 0 Å². The SMILES string of the molecule is CC1OC(C)C(C(O)c2ccc(C(C)(C)C)cc2)C1C. The van der Waals surface area contributed by atoms with Crippen molar-refractivity contribution >= 4 is 0 Å². The van der Waals surface area contributed by atoms with Crippen LogP contribution in [0.1, 0.15) is 58.8 Å². The normalized spacial score (nSPS) is 32.4. The molecule has 0 radical (unpaired) electrons. The van der Waals surface area contributed by atoms with E-state index < -0.39 is 6.10 Å². The van der Waals surface area contributed by atoms with E-state index in [0.29, 0.717) is 5.92 Å². The highest BCUT2D eigenvalue weighted by Gasteiger charge is 2.41. The Bertz CT molecular complexity index is 443. The van der Waals surface area contributed by atoms with E-state index in [2.05, 4.69) is 65.8 Å². The number of hydrogen-bond donors (Lipinski definition) is 1. The van der Waals surface area contributed by atoms with Crippen LogP contribution in [0.3, 0.4) is 0 Å². The van der Waals surface area contributed by atoms with Crippen molar-refractivity contribution in [3.8, 4) is 0 Å². The average Bonchev–Trinajstić information content (AvgIpc) is 2.62. The summed E-state index contributed by atoms with van der Waals surface area (Å²) in [5.74, 6) is 0.549. The summed E-state index contributed by atoms with van der Waals surface area (Å²) < 4.78 is 5.85. The van der Waals surface area contributed by atoms with Gasteiger partial charge in [0.2, 0.25) is 0 Å². The van der Waals surface area contributed by atoms with Gasteiger partial charge in [-0.3, -0.25) is 0 Å². The third-order valence-corrected chi connectivity index (χ3v) is 4.80. The van der Waals surface area contributed by atoms with Gasteiger partial charge in [-0.2, -0.15) is 0 Å². The van der Waals surface area contributed by atoms with Gasteiger partial charge < -0.3 is 9.84 Å². The summed E-state index contributed by atoms with van der Waals surface area (Å²) in [6.45, 7) is 12.9. The summed E-state index contributed by atoms with van der Waals surface area (Å²) in [5.41, 5.74) is 2.44. The van der Waals surface area contributed by atoms with E-state index in [1.165, 1.54) is 5.56 Å². The Morgan fingerprint density at radius 2 is 1.55 bits per heavy atom. The number of benzene rings is 1. The van der Waals surface area contributed by atoms with Gasteiger partial charge in [-0.15, -0.1) is 0 Å². The van der Waals surface area contributed by atoms with Crippen LogP contribution in [0.15, 0.2) is 24.3 Å². The lowest BCUT2D eigenvalue weighted by Crippen LogP contribution is -2.25. The van der Waals surface area contributed by atoms with E-state index in [1.807, 2.05) is 0 Å². The van der Waals surface area contributed by atoms with Gasteiger partial charge in [0.05, 0.1) is 18.3 Å². The molecule has 0 amide bonds. The number of rotatable bonds is 2. The van der Waals surface area contributed by atoms with Gasteiger partial charge in [-0.1, -0.05) is 52.0 Å². The second-order valence-corrected chi connectivity index (χ2v) is 7.30. The molecule has 1 saturated heterocycles. The molecule has 5 unspecified atom stereocenters. The number of ether oxygens (including phenoxy) is 1. The number of aliphatic hydroxyl groups excluding tert-OH is 1. The quantitative estimate of drug-likeness (QED) is 0.882. The zero-order chi connectivity index (χ0) is 15.1. The minimum Gasteiger partial charge on any atom is -0.388 e. The Morgan fingerprint density at radius 1 is 1.00 bits per heavy atom. The molecule has 5 atom stereocenters. The van der Waals surface area contributed by atoms with Crippen LogP contribution in [-0.2, 0) is 10.2 Å². The van der Waals surface area contributed by atoms with Crippen LogP contribution < -0.4 is 0 Å². The summed E-state index contributed by atoms with van der Waals surface area (Å²) >= 11 is 0. The fourth-order valence-electron chi connectivity index (χ4n) is 3.24. The van der Waals surface area contributed by atoms with Gasteiger partial charge in [0.15, 0.2) is 0 Å². The molecule has 20 heavy (non-hydrogen) atoms. The highest BCUT2D eigenvalue weighted by atomic mass is 16.5. The highest BCUT2D eigenvalue weighted by molar-refractivity contribution is 5.29. The Kier molecular flexibility index (Phi) is 4.27. The Labute approximate surface area is 123 Å². The molecule has 1 heterocycles. The van der Waals surface area contributed by atoms with E-state index in [9.17, 15) is 5.11 Å². The van der Waals surface area contributed by atoms with Crippen LogP contribution >= 0.6 is 0 Å². The van der Waals surface area contributed by atoms with E-state index in [-0.39, 0.29) is 23.5 Å². The van der Waals surface area contributed by atoms with Crippen molar-refractivity contribution in [2.24, 2.45) is 11.8 Å². The van der Waals surface area contributed by atoms with Crippen LogP contribution in [-0.4, -0.2) is 17.3 Å². The van der Waals surface area contributed by atoms with Gasteiger partial charge in [-0.25, -0.2) is 0 Å². The highest BCUT2D eigenvalue weighted by Crippen LogP contribution is 2.40. The van der Waals surface area contributed by atoms with Crippen LogP contribution in [0.2, 0.25) is 0 Å². The van der Waals surface area contributed by atoms with Crippen molar-refractivity contribution in [3.05, 3.63) is 35.4 Å². The first-order chi connectivity index (χ1) is 9.21. The van der Waals surface area contributed by atoms with E-state index >= 15 is 0 Å². The molecular weight excluding hydrogens is 248 g/mol. The minimum absolute atomic E-state index is 0.109. The lowest BCUT2D eigenvalue weighted by atomic mass is 9.81. The number of hydrogen-bond acceptors (Lipinski definition) is 2. The van der Waals surface area contributed by atoms with E-state index in [0.717, 1.165) is 5.56 Å². The van der Waals surface area contributed by atoms with Crippen molar-refractivity contribution in [3.63, 3.8) is 0 Å². The summed E-state index contributed by atoms with van der Waals surface area (Å²) in [7, 11) is 0. The summed E-state index contributed by atoms with van der Waals surface area (Å²) in [5, 5.41) is 10.7. The predicted octanol–water partition coefficient (Wildman–Crippen LogP) is 4.08. The standard InChI is InChI=1S/C18H28O2/c1-11-12(2)20-13(3)16(11)17(19)14-7-9-15(10-8-14)18(4,5)6/h7-13,16-17,19H,1-6H3. The molecule has 112 valence electrons. The van der Waals surface area contributed by atoms with Gasteiger partial charge >= 0.3 is 0 Å². The summed E-state index contributed by atoms with van der Waals surface area (Å²) in [6, 6.07) is 8.39. The second kappa shape index (κ2) is 5.50. The van der Waals surface area contributed by atoms with Crippen LogP contribution in [0, 0.1) is 11.8 Å². The third kappa shape index (κ3) is 2.91. The van der Waals surface area contributed by atoms with E-state index in [4.69, 9.17) is 4.74 Å². The number of aliphatic hydroxyl groups is 1. The molecule has 0 aliphatic carbocycles. The maximum Gasteiger partial charge on any atom is 0.0846 e. The molecule has 0 bridgehead atoms. The van der Waals surface area contributed by atoms with Crippen molar-refractivity contribution < 1.29 is 9.84 Å². The molecular formula is C18H28O2. The lowest BCUT2D eigenvalue weighted by Gasteiger charge is -2.26. The van der Waals surface area contributed by atoms with Crippen molar-refractivity contribution in [1.82, 2.24) is 0 Å². The lowest BCUT2D eigenvalue weighted by molar-refractivity contribution is 0.0231. The smallest absolute Gasteiger partial charge is 0.0846 e. The first kappa shape index (κ1) is 15.5. The van der Waals surface area contributed by atoms with Gasteiger partial charge in [0.1, 0.15) is 0 Å². The van der Waals surface area contributed by atoms with Crippen molar-refractivity contribution in [2.75, 3.05) is 0 Å². The Hall–Kier alpha value is -0.860. The zero-order valence-corrected chi connectivity index (χ0v) is 13.6. The monoisotopic (exact) mass is 276 g/mol. The molecule has 1 aliphatic rings. The first-order valence-corrected chi connectivity index (χ1v) is 7.66. The van der Waals surface area contributed by atoms with Crippen molar-refractivity contribution in [1.29, 1.82) is 0 Å². The first-order valence-electron chi connectivity index (χ1n) is 7.66. The Morgan fingerprint density at radius 3 is 1.95 bits per heavy atom. The fourth-order valence-corrected chi connectivity index (χ4v) is 3.24. The molecule has 2 heteroatoms. The Balaban J connectivity index is 2.19. The molecule has 0 aromatic heterocycles.